The van der Waals surface area contributed by atoms with Gasteiger partial charge in [-0.1, -0.05) is 51.1 Å². The molecule has 0 aliphatic rings. The molecule has 0 bridgehead atoms. The van der Waals surface area contributed by atoms with Crippen LogP contribution in [-0.2, 0) is 11.3 Å². The summed E-state index contributed by atoms with van der Waals surface area (Å²) in [5.41, 5.74) is 4.35. The minimum Gasteiger partial charge on any atom is -0.496 e. The minimum atomic E-state index is -0.102. The highest BCUT2D eigenvalue weighted by Gasteiger charge is 2.25. The van der Waals surface area contributed by atoms with Crippen molar-refractivity contribution in [3.63, 3.8) is 0 Å². The summed E-state index contributed by atoms with van der Waals surface area (Å²) in [5, 5.41) is 3.16. The van der Waals surface area contributed by atoms with Gasteiger partial charge in [0.25, 0.3) is 0 Å². The zero-order chi connectivity index (χ0) is 23.6. The largest absolute Gasteiger partial charge is 0.496 e. The van der Waals surface area contributed by atoms with E-state index < -0.39 is 0 Å². The number of anilines is 1. The monoisotopic (exact) mass is 458 g/mol. The molecular formula is C28H30N2O2S. The molecule has 5 heteroatoms. The molecule has 2 heterocycles. The Hall–Kier alpha value is -3.18. The van der Waals surface area contributed by atoms with Gasteiger partial charge in [-0.25, -0.2) is 4.98 Å². The van der Waals surface area contributed by atoms with E-state index in [4.69, 9.17) is 4.74 Å². The number of pyridine rings is 1. The number of carbonyl (C=O) groups excluding carboxylic acids is 1. The summed E-state index contributed by atoms with van der Waals surface area (Å²) in [6.07, 6.45) is 2.25. The topological polar surface area (TPSA) is 42.4 Å². The Morgan fingerprint density at radius 3 is 2.42 bits per heavy atom. The van der Waals surface area contributed by atoms with E-state index in [9.17, 15) is 4.79 Å². The number of hydrogen-bond acceptors (Lipinski definition) is 4. The molecule has 0 fully saturated rings. The number of benzene rings is 2. The van der Waals surface area contributed by atoms with Crippen molar-refractivity contribution in [2.24, 2.45) is 5.41 Å². The van der Waals surface area contributed by atoms with E-state index in [0.29, 0.717) is 13.0 Å². The second-order valence-corrected chi connectivity index (χ2v) is 10.5. The van der Waals surface area contributed by atoms with E-state index in [0.717, 1.165) is 43.9 Å². The third kappa shape index (κ3) is 5.25. The Morgan fingerprint density at radius 2 is 1.76 bits per heavy atom. The lowest BCUT2D eigenvalue weighted by molar-refractivity contribution is -0.120. The van der Waals surface area contributed by atoms with Gasteiger partial charge in [0.05, 0.1) is 18.4 Å². The van der Waals surface area contributed by atoms with Crippen LogP contribution in [0.15, 0.2) is 66.2 Å². The van der Waals surface area contributed by atoms with E-state index in [-0.39, 0.29) is 11.3 Å². The highest BCUT2D eigenvalue weighted by atomic mass is 32.1. The lowest BCUT2D eigenvalue weighted by Crippen LogP contribution is -2.33. The molecule has 1 amide bonds. The summed E-state index contributed by atoms with van der Waals surface area (Å²) in [4.78, 5) is 19.9. The molecule has 0 aliphatic carbocycles. The van der Waals surface area contributed by atoms with Gasteiger partial charge >= 0.3 is 0 Å². The molecule has 0 atom stereocenters. The fraction of sp³-hybridized carbons (Fsp3) is 0.286. The molecule has 4 rings (SSSR count). The summed E-state index contributed by atoms with van der Waals surface area (Å²) < 4.78 is 6.43. The molecule has 4 aromatic rings. The Balaban J connectivity index is 1.64. The van der Waals surface area contributed by atoms with Crippen molar-refractivity contribution in [2.45, 2.75) is 40.7 Å². The zero-order valence-electron chi connectivity index (χ0n) is 19.9. The van der Waals surface area contributed by atoms with Gasteiger partial charge in [-0.15, -0.1) is 11.3 Å². The number of ether oxygens (including phenoxy) is 1. The standard InChI is InChI=1S/C28H30N2O2S/c1-19-16-23(10-11-24(19)32-5)21-8-6-20(7-9-21)18-30(25(31)17-28(2,3)4)27-26-22(12-14-29-27)13-15-33-26/h6-16H,17-18H2,1-5H3. The third-order valence-corrected chi connectivity index (χ3v) is 6.54. The number of aryl methyl sites for hydroxylation is 1. The summed E-state index contributed by atoms with van der Waals surface area (Å²) in [6.45, 7) is 8.81. The average molecular weight is 459 g/mol. The maximum Gasteiger partial charge on any atom is 0.229 e. The number of nitrogens with zero attached hydrogens (tertiary/aromatic N) is 2. The molecule has 2 aromatic carbocycles. The van der Waals surface area contributed by atoms with E-state index >= 15 is 0 Å². The predicted octanol–water partition coefficient (Wildman–Crippen LogP) is 7.25. The first-order chi connectivity index (χ1) is 15.7. The number of thiophene rings is 1. The molecule has 33 heavy (non-hydrogen) atoms. The minimum absolute atomic E-state index is 0.0887. The van der Waals surface area contributed by atoms with Gasteiger partial charge in [0.2, 0.25) is 5.91 Å². The van der Waals surface area contributed by atoms with E-state index in [1.807, 2.05) is 29.3 Å². The van der Waals surface area contributed by atoms with Gasteiger partial charge in [-0.05, 0) is 69.6 Å². The van der Waals surface area contributed by atoms with Gasteiger partial charge in [0, 0.05) is 12.6 Å². The highest BCUT2D eigenvalue weighted by Crippen LogP contribution is 2.33. The van der Waals surface area contributed by atoms with Gasteiger partial charge in [0.1, 0.15) is 5.75 Å². The van der Waals surface area contributed by atoms with Crippen LogP contribution in [0.25, 0.3) is 21.2 Å². The summed E-state index contributed by atoms with van der Waals surface area (Å²) in [5.74, 6) is 1.72. The normalized spacial score (nSPS) is 11.5. The third-order valence-electron chi connectivity index (χ3n) is 5.61. The Kier molecular flexibility index (Phi) is 6.52. The SMILES string of the molecule is COc1ccc(-c2ccc(CN(C(=O)CC(C)(C)C)c3nccc4ccsc34)cc2)cc1C. The maximum absolute atomic E-state index is 13.4. The molecule has 0 radical (unpaired) electrons. The molecule has 0 saturated carbocycles. The molecule has 0 unspecified atom stereocenters. The van der Waals surface area contributed by atoms with Crippen molar-refractivity contribution in [3.05, 3.63) is 77.3 Å². The lowest BCUT2D eigenvalue weighted by Gasteiger charge is -2.26. The van der Waals surface area contributed by atoms with Crippen molar-refractivity contribution in [2.75, 3.05) is 12.0 Å². The molecule has 0 saturated heterocycles. The van der Waals surface area contributed by atoms with Gasteiger partial charge < -0.3 is 4.74 Å². The van der Waals surface area contributed by atoms with Gasteiger partial charge in [-0.3, -0.25) is 9.69 Å². The molecule has 2 aromatic heterocycles. The zero-order valence-corrected chi connectivity index (χ0v) is 20.7. The van der Waals surface area contributed by atoms with E-state index in [1.165, 1.54) is 0 Å². The number of amides is 1. The van der Waals surface area contributed by atoms with Crippen molar-refractivity contribution >= 4 is 33.1 Å². The van der Waals surface area contributed by atoms with Crippen LogP contribution in [0, 0.1) is 12.3 Å². The number of hydrogen-bond donors (Lipinski definition) is 0. The quantitative estimate of drug-likeness (QED) is 0.306. The molecular weight excluding hydrogens is 428 g/mol. The fourth-order valence-corrected chi connectivity index (χ4v) is 4.84. The van der Waals surface area contributed by atoms with Crippen LogP contribution < -0.4 is 9.64 Å². The predicted molar refractivity (Wildman–Crippen MR) is 138 cm³/mol. The first-order valence-corrected chi connectivity index (χ1v) is 12.0. The molecule has 170 valence electrons. The van der Waals surface area contributed by atoms with E-state index in [2.05, 4.69) is 68.2 Å². The van der Waals surface area contributed by atoms with Gasteiger partial charge in [-0.2, -0.15) is 0 Å². The Morgan fingerprint density at radius 1 is 1.03 bits per heavy atom. The van der Waals surface area contributed by atoms with E-state index in [1.54, 1.807) is 24.6 Å². The maximum atomic E-state index is 13.4. The lowest BCUT2D eigenvalue weighted by atomic mass is 9.91. The van der Waals surface area contributed by atoms with Crippen molar-refractivity contribution < 1.29 is 9.53 Å². The second kappa shape index (κ2) is 9.36. The second-order valence-electron chi connectivity index (χ2n) is 9.57. The van der Waals surface area contributed by atoms with Crippen LogP contribution in [-0.4, -0.2) is 18.0 Å². The van der Waals surface area contributed by atoms with Crippen molar-refractivity contribution in [1.82, 2.24) is 4.98 Å². The van der Waals surface area contributed by atoms with Crippen LogP contribution in [0.1, 0.15) is 38.3 Å². The molecule has 0 aliphatic heterocycles. The Bertz CT molecular complexity index is 1270. The smallest absolute Gasteiger partial charge is 0.229 e. The first kappa shape index (κ1) is 23.0. The molecule has 0 spiro atoms. The van der Waals surface area contributed by atoms with Crippen LogP contribution in [0.4, 0.5) is 5.82 Å². The number of aromatic nitrogens is 1. The van der Waals surface area contributed by atoms with Crippen molar-refractivity contribution in [3.8, 4) is 16.9 Å². The van der Waals surface area contributed by atoms with Crippen LogP contribution in [0.2, 0.25) is 0 Å². The number of fused-ring (bicyclic) bond motifs is 1. The van der Waals surface area contributed by atoms with Gasteiger partial charge in [0.15, 0.2) is 5.82 Å². The summed E-state index contributed by atoms with van der Waals surface area (Å²) in [7, 11) is 1.69. The fourth-order valence-electron chi connectivity index (χ4n) is 3.94. The van der Waals surface area contributed by atoms with Crippen LogP contribution in [0.5, 0.6) is 5.75 Å². The number of methoxy groups -OCH3 is 1. The number of carbonyl (C=O) groups is 1. The average Bonchev–Trinajstić information content (AvgIpc) is 3.26. The summed E-state index contributed by atoms with van der Waals surface area (Å²) >= 11 is 1.63. The van der Waals surface area contributed by atoms with Crippen LogP contribution in [0.3, 0.4) is 0 Å². The number of rotatable bonds is 6. The van der Waals surface area contributed by atoms with Crippen molar-refractivity contribution in [1.29, 1.82) is 0 Å². The summed E-state index contributed by atoms with van der Waals surface area (Å²) in [6, 6.07) is 18.7. The molecule has 0 N–H and O–H groups in total. The molecule has 4 nitrogen and oxygen atoms in total. The Labute approximate surface area is 199 Å². The highest BCUT2D eigenvalue weighted by molar-refractivity contribution is 7.17. The van der Waals surface area contributed by atoms with Crippen LogP contribution >= 0.6 is 11.3 Å². The first-order valence-electron chi connectivity index (χ1n) is 11.1.